The second kappa shape index (κ2) is 5.12. The van der Waals surface area contributed by atoms with Crippen molar-refractivity contribution in [2.75, 3.05) is 4.72 Å². The molecule has 8 heteroatoms. The minimum Gasteiger partial charge on any atom is -0.276 e. The molecule has 0 aromatic heterocycles. The summed E-state index contributed by atoms with van der Waals surface area (Å²) in [4.78, 5) is -0.873. The van der Waals surface area contributed by atoms with Crippen molar-refractivity contribution in [2.24, 2.45) is 0 Å². The molecule has 3 nitrogen and oxygen atoms in total. The number of halogens is 4. The lowest BCUT2D eigenvalue weighted by Gasteiger charge is -2.09. The lowest BCUT2D eigenvalue weighted by atomic mass is 10.3. The summed E-state index contributed by atoms with van der Waals surface area (Å²) >= 11 is 0. The molecule has 0 atom stereocenters. The Kier molecular flexibility index (Phi) is 3.67. The highest BCUT2D eigenvalue weighted by Gasteiger charge is 2.21. The van der Waals surface area contributed by atoms with Crippen molar-refractivity contribution in [1.82, 2.24) is 0 Å². The predicted molar refractivity (Wildman–Crippen MR) is 63.5 cm³/mol. The summed E-state index contributed by atoms with van der Waals surface area (Å²) < 4.78 is 77.7. The first-order valence-corrected chi connectivity index (χ1v) is 6.71. The van der Waals surface area contributed by atoms with Crippen LogP contribution < -0.4 is 4.72 Å². The zero-order valence-corrected chi connectivity index (χ0v) is 10.5. The molecule has 0 amide bonds. The van der Waals surface area contributed by atoms with Crippen molar-refractivity contribution in [3.8, 4) is 0 Å². The van der Waals surface area contributed by atoms with Gasteiger partial charge in [0.1, 0.15) is 28.2 Å². The lowest BCUT2D eigenvalue weighted by molar-refractivity contribution is 0.550. The highest BCUT2D eigenvalue weighted by Crippen LogP contribution is 2.22. The van der Waals surface area contributed by atoms with E-state index in [0.717, 1.165) is 12.1 Å². The number of anilines is 1. The summed E-state index contributed by atoms with van der Waals surface area (Å²) in [5.41, 5.74) is -0.672. The van der Waals surface area contributed by atoms with Crippen LogP contribution in [0.2, 0.25) is 0 Å². The maximum Gasteiger partial charge on any atom is 0.264 e. The summed E-state index contributed by atoms with van der Waals surface area (Å²) in [6, 6.07) is 3.91. The fraction of sp³-hybridized carbons (Fsp3) is 0. The third-order valence-electron chi connectivity index (χ3n) is 2.36. The van der Waals surface area contributed by atoms with Crippen molar-refractivity contribution < 1.29 is 26.0 Å². The van der Waals surface area contributed by atoms with Crippen LogP contribution in [0, 0.1) is 23.3 Å². The van der Waals surface area contributed by atoms with E-state index in [2.05, 4.69) is 0 Å². The molecule has 0 aliphatic carbocycles. The average molecular weight is 305 g/mol. The zero-order valence-electron chi connectivity index (χ0n) is 9.70. The highest BCUT2D eigenvalue weighted by molar-refractivity contribution is 7.92. The summed E-state index contributed by atoms with van der Waals surface area (Å²) in [6.45, 7) is 0. The van der Waals surface area contributed by atoms with Gasteiger partial charge in [0.15, 0.2) is 0 Å². The van der Waals surface area contributed by atoms with Gasteiger partial charge >= 0.3 is 0 Å². The third kappa shape index (κ3) is 2.90. The molecule has 0 fully saturated rings. The van der Waals surface area contributed by atoms with Gasteiger partial charge in [-0.15, -0.1) is 0 Å². The van der Waals surface area contributed by atoms with E-state index in [0.29, 0.717) is 24.3 Å². The predicted octanol–water partition coefficient (Wildman–Crippen LogP) is 3.04. The van der Waals surface area contributed by atoms with Crippen molar-refractivity contribution in [2.45, 2.75) is 4.90 Å². The van der Waals surface area contributed by atoms with E-state index in [9.17, 15) is 26.0 Å². The summed E-state index contributed by atoms with van der Waals surface area (Å²) in [7, 11) is -4.50. The van der Waals surface area contributed by atoms with Gasteiger partial charge in [-0.2, -0.15) is 0 Å². The van der Waals surface area contributed by atoms with Crippen molar-refractivity contribution in [3.63, 3.8) is 0 Å². The Bertz CT molecular complexity index is 762. The molecule has 0 spiro atoms. The van der Waals surface area contributed by atoms with Gasteiger partial charge < -0.3 is 0 Å². The van der Waals surface area contributed by atoms with Crippen LogP contribution in [-0.4, -0.2) is 8.42 Å². The van der Waals surface area contributed by atoms with Gasteiger partial charge in [-0.3, -0.25) is 4.72 Å². The van der Waals surface area contributed by atoms with Gasteiger partial charge in [0.25, 0.3) is 10.0 Å². The standard InChI is InChI=1S/C12H7F4NO2S/c13-7-2-4-12(10(16)5-7)20(18,19)17-11-6-8(14)1-3-9(11)15/h1-6,17H. The molecule has 0 aliphatic rings. The Morgan fingerprint density at radius 2 is 1.40 bits per heavy atom. The Hall–Kier alpha value is -2.09. The lowest BCUT2D eigenvalue weighted by Crippen LogP contribution is -2.15. The molecule has 20 heavy (non-hydrogen) atoms. The Morgan fingerprint density at radius 1 is 0.800 bits per heavy atom. The van der Waals surface area contributed by atoms with Gasteiger partial charge in [-0.1, -0.05) is 0 Å². The molecule has 0 bridgehead atoms. The van der Waals surface area contributed by atoms with E-state index in [1.165, 1.54) is 0 Å². The van der Waals surface area contributed by atoms with Crippen LogP contribution in [0.15, 0.2) is 41.3 Å². The molecular weight excluding hydrogens is 298 g/mol. The van der Waals surface area contributed by atoms with Crippen LogP contribution >= 0.6 is 0 Å². The topological polar surface area (TPSA) is 46.2 Å². The molecule has 106 valence electrons. The highest BCUT2D eigenvalue weighted by atomic mass is 32.2. The van der Waals surface area contributed by atoms with E-state index in [-0.39, 0.29) is 0 Å². The summed E-state index contributed by atoms with van der Waals surface area (Å²) in [6.07, 6.45) is 0. The second-order valence-corrected chi connectivity index (χ2v) is 5.46. The monoisotopic (exact) mass is 305 g/mol. The molecule has 0 saturated heterocycles. The van der Waals surface area contributed by atoms with Gasteiger partial charge in [0.05, 0.1) is 5.69 Å². The maximum atomic E-state index is 13.4. The van der Waals surface area contributed by atoms with E-state index in [4.69, 9.17) is 0 Å². The van der Waals surface area contributed by atoms with E-state index in [1.54, 1.807) is 4.72 Å². The van der Waals surface area contributed by atoms with Crippen LogP contribution in [0.4, 0.5) is 23.2 Å². The first kappa shape index (κ1) is 14.3. The first-order chi connectivity index (χ1) is 9.29. The van der Waals surface area contributed by atoms with Gasteiger partial charge in [-0.25, -0.2) is 26.0 Å². The maximum absolute atomic E-state index is 13.4. The smallest absolute Gasteiger partial charge is 0.264 e. The molecular formula is C12H7F4NO2S. The average Bonchev–Trinajstić information content (AvgIpc) is 2.33. The second-order valence-electron chi connectivity index (χ2n) is 3.80. The number of benzene rings is 2. The van der Waals surface area contributed by atoms with E-state index < -0.39 is 43.9 Å². The van der Waals surface area contributed by atoms with Crippen LogP contribution in [0.1, 0.15) is 0 Å². The molecule has 2 rings (SSSR count). The quantitative estimate of drug-likeness (QED) is 0.886. The molecule has 0 radical (unpaired) electrons. The number of hydrogen-bond donors (Lipinski definition) is 1. The van der Waals surface area contributed by atoms with Crippen LogP contribution in [0.25, 0.3) is 0 Å². The van der Waals surface area contributed by atoms with Crippen molar-refractivity contribution in [3.05, 3.63) is 59.7 Å². The third-order valence-corrected chi connectivity index (χ3v) is 3.75. The molecule has 0 saturated carbocycles. The zero-order chi connectivity index (χ0) is 14.9. The molecule has 0 aliphatic heterocycles. The molecule has 2 aromatic carbocycles. The number of rotatable bonds is 3. The minimum atomic E-state index is -4.50. The fourth-order valence-electron chi connectivity index (χ4n) is 1.47. The summed E-state index contributed by atoms with van der Waals surface area (Å²) in [5, 5.41) is 0. The van der Waals surface area contributed by atoms with Crippen LogP contribution in [0.3, 0.4) is 0 Å². The largest absolute Gasteiger partial charge is 0.276 e. The SMILES string of the molecule is O=S(=O)(Nc1cc(F)ccc1F)c1ccc(F)cc1F. The number of nitrogens with one attached hydrogen (secondary N) is 1. The van der Waals surface area contributed by atoms with Gasteiger partial charge in [0.2, 0.25) is 0 Å². The van der Waals surface area contributed by atoms with Crippen LogP contribution in [0.5, 0.6) is 0 Å². The summed E-state index contributed by atoms with van der Waals surface area (Å²) in [5.74, 6) is -4.20. The van der Waals surface area contributed by atoms with Gasteiger partial charge in [0, 0.05) is 12.1 Å². The van der Waals surface area contributed by atoms with Crippen molar-refractivity contribution in [1.29, 1.82) is 0 Å². The normalized spacial score (nSPS) is 11.4. The Balaban J connectivity index is 2.43. The number of sulfonamides is 1. The first-order valence-electron chi connectivity index (χ1n) is 5.22. The van der Waals surface area contributed by atoms with Gasteiger partial charge in [-0.05, 0) is 24.3 Å². The Labute approximate surface area is 111 Å². The molecule has 0 unspecified atom stereocenters. The fourth-order valence-corrected chi connectivity index (χ4v) is 2.59. The van der Waals surface area contributed by atoms with E-state index >= 15 is 0 Å². The van der Waals surface area contributed by atoms with E-state index in [1.807, 2.05) is 0 Å². The minimum absolute atomic E-state index is 0.372. The van der Waals surface area contributed by atoms with Crippen molar-refractivity contribution >= 4 is 15.7 Å². The number of hydrogen-bond acceptors (Lipinski definition) is 2. The van der Waals surface area contributed by atoms with Crippen LogP contribution in [-0.2, 0) is 10.0 Å². The molecule has 1 N–H and O–H groups in total. The molecule has 2 aromatic rings. The Morgan fingerprint density at radius 3 is 2.05 bits per heavy atom. The molecule has 0 heterocycles.